The molecule has 0 unspecified atom stereocenters. The summed E-state index contributed by atoms with van der Waals surface area (Å²) in [6.45, 7) is 13.9. The molecule has 2 radical (unpaired) electrons. The molecule has 0 aromatic heterocycles. The average molecular weight is 953 g/mol. The molecule has 0 N–H and O–H groups in total. The van der Waals surface area contributed by atoms with Crippen LogP contribution in [0.15, 0.2) is 0 Å². The maximum absolute atomic E-state index is 6.13. The molecule has 0 saturated carbocycles. The molecule has 0 amide bonds. The molecule has 49 heavy (non-hydrogen) atoms. The van der Waals surface area contributed by atoms with E-state index in [1.54, 1.807) is 0 Å². The first-order valence-electron chi connectivity index (χ1n) is 21.8. The Morgan fingerprint density at radius 3 is 0.714 bits per heavy atom. The van der Waals surface area contributed by atoms with Crippen LogP contribution in [0.4, 0.5) is 0 Å². The van der Waals surface area contributed by atoms with Gasteiger partial charge < -0.3 is 0 Å². The van der Waals surface area contributed by atoms with Gasteiger partial charge in [0.1, 0.15) is 0 Å². The Hall–Kier alpha value is 1.40. The van der Waals surface area contributed by atoms with Crippen molar-refractivity contribution in [3.8, 4) is 0 Å². The molecule has 0 spiro atoms. The first-order valence-corrected chi connectivity index (χ1v) is 33.7. The molecule has 0 aliphatic carbocycles. The molecular weight excluding hydrogens is 868 g/mol. The third-order valence-corrected chi connectivity index (χ3v) is 26.2. The zero-order valence-corrected chi connectivity index (χ0v) is 40.6. The average Bonchev–Trinajstić information content (AvgIpc) is 3.10. The first-order chi connectivity index (χ1) is 24.1. The number of thiocarbonyl (C=S) groups is 2. The minimum Gasteiger partial charge on any atom is -0.0654 e. The number of rotatable bonds is 38. The summed E-state index contributed by atoms with van der Waals surface area (Å²) in [5.41, 5.74) is 0. The minimum absolute atomic E-state index is 1.06. The van der Waals surface area contributed by atoms with Crippen LogP contribution in [0, 0.1) is 0 Å². The van der Waals surface area contributed by atoms with E-state index < -0.39 is 21.2 Å². The van der Waals surface area contributed by atoms with Crippen molar-refractivity contribution in [2.24, 2.45) is 0 Å². The second-order valence-electron chi connectivity index (χ2n) is 14.7. The number of hydrogen-bond acceptors (Lipinski definition) is 4. The van der Waals surface area contributed by atoms with Gasteiger partial charge in [-0.05, 0) is 0 Å². The van der Waals surface area contributed by atoms with E-state index in [9.17, 15) is 0 Å². The summed E-state index contributed by atoms with van der Waals surface area (Å²) in [5.74, 6) is 0. The molecule has 0 aliphatic rings. The van der Waals surface area contributed by atoms with Gasteiger partial charge in [-0.1, -0.05) is 27.7 Å². The van der Waals surface area contributed by atoms with Crippen molar-refractivity contribution in [1.82, 2.24) is 9.80 Å². The number of unbranched alkanes of at least 4 members (excludes halogenated alkanes) is 28. The van der Waals surface area contributed by atoms with Gasteiger partial charge in [-0.3, -0.25) is 0 Å². The van der Waals surface area contributed by atoms with Crippen molar-refractivity contribution in [2.75, 3.05) is 26.2 Å². The van der Waals surface area contributed by atoms with Crippen LogP contribution in [-0.2, 0) is 0 Å². The standard InChI is InChI=1S/2C21H43NS2.Pb/c2*1-3-5-7-9-11-13-15-17-19-22(21(23)24)20-18-16-14-12-10-8-6-4-2;/h2*3-20H2,1-2H3,(H,23,24);/q;;+2/p-2. The third-order valence-electron chi connectivity index (χ3n) is 9.90. The fourth-order valence-corrected chi connectivity index (χ4v) is 23.1. The minimum atomic E-state index is -1.06. The molecule has 0 aromatic rings. The van der Waals surface area contributed by atoms with Crippen LogP contribution in [0.25, 0.3) is 0 Å². The summed E-state index contributed by atoms with van der Waals surface area (Å²) in [7, 11) is 4.14. The van der Waals surface area contributed by atoms with E-state index >= 15 is 0 Å². The van der Waals surface area contributed by atoms with Crippen LogP contribution in [-0.4, -0.2) is 65.9 Å². The molecule has 0 fully saturated rings. The van der Waals surface area contributed by atoms with Gasteiger partial charge in [0.2, 0.25) is 0 Å². The Labute approximate surface area is 337 Å². The van der Waals surface area contributed by atoms with Crippen molar-refractivity contribution in [2.45, 2.75) is 233 Å². The number of nitrogens with zero attached hydrogens (tertiary/aromatic N) is 2. The van der Waals surface area contributed by atoms with Gasteiger partial charge in [0.25, 0.3) is 0 Å². The predicted molar refractivity (Wildman–Crippen MR) is 240 cm³/mol. The molecule has 0 atom stereocenters. The van der Waals surface area contributed by atoms with Crippen LogP contribution >= 0.6 is 41.1 Å². The zero-order chi connectivity index (χ0) is 35.9. The first kappa shape index (κ1) is 50.4. The normalized spacial score (nSPS) is 11.3. The SMILES string of the molecule is CCCCCCCCCCN(CCCCCCCCCC)C(=S)[S][Pb][S]C(=S)N(CCCCCCCCCC)CCCCCCCCCC. The van der Waals surface area contributed by atoms with Crippen LogP contribution in [0.3, 0.4) is 0 Å². The summed E-state index contributed by atoms with van der Waals surface area (Å²) >= 11 is 11.2. The Balaban J connectivity index is 4.75. The van der Waals surface area contributed by atoms with Crippen molar-refractivity contribution in [3.05, 3.63) is 0 Å². The van der Waals surface area contributed by atoms with Crippen molar-refractivity contribution in [1.29, 1.82) is 0 Å². The summed E-state index contributed by atoms with van der Waals surface area (Å²) in [4.78, 5) is 5.20. The molecule has 0 rings (SSSR count). The van der Waals surface area contributed by atoms with E-state index in [0.717, 1.165) is 0 Å². The molecular formula is C42H84N2PbS4. The van der Waals surface area contributed by atoms with Gasteiger partial charge in [0.15, 0.2) is 0 Å². The molecule has 0 heterocycles. The van der Waals surface area contributed by atoms with Gasteiger partial charge in [0, 0.05) is 0 Å². The van der Waals surface area contributed by atoms with Gasteiger partial charge >= 0.3 is 312 Å². The monoisotopic (exact) mass is 953 g/mol. The van der Waals surface area contributed by atoms with Crippen LogP contribution in [0.2, 0.25) is 0 Å². The number of hydrogen-bond donors (Lipinski definition) is 0. The summed E-state index contributed by atoms with van der Waals surface area (Å²) in [6, 6.07) is 0. The molecule has 7 heteroatoms. The van der Waals surface area contributed by atoms with E-state index in [1.165, 1.54) is 240 Å². The van der Waals surface area contributed by atoms with Crippen LogP contribution < -0.4 is 0 Å². The Kier molecular flexibility index (Phi) is 43.4. The summed E-state index contributed by atoms with van der Waals surface area (Å²) in [5, 5.41) is 0. The second kappa shape index (κ2) is 42.1. The van der Waals surface area contributed by atoms with Gasteiger partial charge in [-0.15, -0.1) is 0 Å². The van der Waals surface area contributed by atoms with Crippen molar-refractivity contribution >= 4 is 70.9 Å². The van der Waals surface area contributed by atoms with E-state index in [1.807, 2.05) is 0 Å². The maximum atomic E-state index is 6.13. The molecule has 290 valence electrons. The molecule has 2 nitrogen and oxygen atoms in total. The van der Waals surface area contributed by atoms with Gasteiger partial charge in [-0.25, -0.2) is 0 Å². The smallest absolute Gasteiger partial charge is 0.0654 e. The van der Waals surface area contributed by atoms with E-state index in [4.69, 9.17) is 24.4 Å². The van der Waals surface area contributed by atoms with Gasteiger partial charge in [-0.2, -0.15) is 0 Å². The zero-order valence-electron chi connectivity index (χ0n) is 33.5. The molecule has 0 aromatic carbocycles. The van der Waals surface area contributed by atoms with Crippen molar-refractivity contribution < 1.29 is 0 Å². The Morgan fingerprint density at radius 2 is 0.510 bits per heavy atom. The third kappa shape index (κ3) is 36.2. The van der Waals surface area contributed by atoms with Crippen LogP contribution in [0.1, 0.15) is 233 Å². The van der Waals surface area contributed by atoms with E-state index in [2.05, 4.69) is 54.1 Å². The fraction of sp³-hybridized carbons (Fsp3) is 0.952. The molecule has 0 saturated heterocycles. The molecule has 0 bridgehead atoms. The Morgan fingerprint density at radius 1 is 0.327 bits per heavy atom. The molecule has 0 aliphatic heterocycles. The summed E-state index contributed by atoms with van der Waals surface area (Å²) in [6.07, 6.45) is 44.2. The quantitative estimate of drug-likeness (QED) is 0.0343. The topological polar surface area (TPSA) is 6.48 Å². The van der Waals surface area contributed by atoms with E-state index in [0.29, 0.717) is 0 Å². The second-order valence-corrected chi connectivity index (χ2v) is 28.4. The van der Waals surface area contributed by atoms with Crippen LogP contribution in [0.5, 0.6) is 0 Å². The van der Waals surface area contributed by atoms with Gasteiger partial charge in [0.05, 0.1) is 0 Å². The fourth-order valence-electron chi connectivity index (χ4n) is 6.56. The predicted octanol–water partition coefficient (Wildman–Crippen LogP) is 15.7. The van der Waals surface area contributed by atoms with E-state index in [-0.39, 0.29) is 0 Å². The summed E-state index contributed by atoms with van der Waals surface area (Å²) < 4.78 is 2.39. The Bertz CT molecular complexity index is 600. The van der Waals surface area contributed by atoms with Crippen molar-refractivity contribution in [3.63, 3.8) is 0 Å².